The highest BCUT2D eigenvalue weighted by Gasteiger charge is 2.32. The molecule has 0 spiro atoms. The van der Waals surface area contributed by atoms with Gasteiger partial charge in [-0.25, -0.2) is 0 Å². The molecular formula is C18H25ClN4O2. The third kappa shape index (κ3) is 4.14. The summed E-state index contributed by atoms with van der Waals surface area (Å²) in [5.41, 5.74) is 2.16. The van der Waals surface area contributed by atoms with Crippen molar-refractivity contribution in [2.45, 2.75) is 18.4 Å². The number of rotatable bonds is 5. The van der Waals surface area contributed by atoms with Gasteiger partial charge in [0.1, 0.15) is 11.8 Å². The van der Waals surface area contributed by atoms with Crippen molar-refractivity contribution in [3.63, 3.8) is 0 Å². The van der Waals surface area contributed by atoms with Gasteiger partial charge in [0.2, 0.25) is 5.91 Å². The minimum atomic E-state index is -0.340. The quantitative estimate of drug-likeness (QED) is 0.883. The van der Waals surface area contributed by atoms with Gasteiger partial charge in [-0.2, -0.15) is 5.10 Å². The molecule has 1 amide bonds. The van der Waals surface area contributed by atoms with Crippen LogP contribution in [-0.2, 0) is 11.8 Å². The molecule has 1 aromatic heterocycles. The molecule has 1 fully saturated rings. The summed E-state index contributed by atoms with van der Waals surface area (Å²) in [6.07, 6.45) is 4.62. The van der Waals surface area contributed by atoms with Gasteiger partial charge in [-0.1, -0.05) is 12.1 Å². The van der Waals surface area contributed by atoms with Gasteiger partial charge in [-0.05, 0) is 31.2 Å². The Kier molecular flexibility index (Phi) is 6.45. The van der Waals surface area contributed by atoms with E-state index >= 15 is 0 Å². The SMILES string of the molecule is CNC(C(=O)N1CCC(c2ccc(OC)cc2)C1)c1cnn(C)c1.Cl. The zero-order chi connectivity index (χ0) is 17.1. The van der Waals surface area contributed by atoms with Crippen LogP contribution in [0.4, 0.5) is 0 Å². The van der Waals surface area contributed by atoms with E-state index in [-0.39, 0.29) is 24.4 Å². The van der Waals surface area contributed by atoms with Gasteiger partial charge in [0.25, 0.3) is 0 Å². The number of likely N-dealkylation sites (tertiary alicyclic amines) is 1. The summed E-state index contributed by atoms with van der Waals surface area (Å²) in [5, 5.41) is 7.28. The van der Waals surface area contributed by atoms with E-state index in [1.807, 2.05) is 37.3 Å². The molecule has 0 bridgehead atoms. The number of carbonyl (C=O) groups excluding carboxylic acids is 1. The minimum absolute atomic E-state index is 0. The fourth-order valence-corrected chi connectivity index (χ4v) is 3.31. The number of methoxy groups -OCH3 is 1. The molecule has 1 N–H and O–H groups in total. The Bertz CT molecular complexity index is 701. The third-order valence-electron chi connectivity index (χ3n) is 4.68. The Hall–Kier alpha value is -2.05. The van der Waals surface area contributed by atoms with Crippen LogP contribution in [0.3, 0.4) is 0 Å². The van der Waals surface area contributed by atoms with Crippen molar-refractivity contribution in [2.75, 3.05) is 27.2 Å². The standard InChI is InChI=1S/C18H24N4O2.ClH/c1-19-17(15-10-20-21(2)11-15)18(23)22-9-8-14(12-22)13-4-6-16(24-3)7-5-13;/h4-7,10-11,14,17,19H,8-9,12H2,1-3H3;1H. The van der Waals surface area contributed by atoms with Crippen LogP contribution in [0.15, 0.2) is 36.7 Å². The van der Waals surface area contributed by atoms with Crippen molar-refractivity contribution in [3.8, 4) is 5.75 Å². The Labute approximate surface area is 154 Å². The second-order valence-corrected chi connectivity index (χ2v) is 6.21. The molecule has 2 aromatic rings. The first-order valence-electron chi connectivity index (χ1n) is 8.21. The van der Waals surface area contributed by atoms with Gasteiger partial charge in [0.05, 0.1) is 13.3 Å². The van der Waals surface area contributed by atoms with Crippen LogP contribution in [0, 0.1) is 0 Å². The molecule has 2 atom stereocenters. The van der Waals surface area contributed by atoms with Crippen LogP contribution in [-0.4, -0.2) is 47.8 Å². The summed E-state index contributed by atoms with van der Waals surface area (Å²) in [5.74, 6) is 1.35. The first-order chi connectivity index (χ1) is 11.6. The molecule has 136 valence electrons. The normalized spacial score (nSPS) is 17.9. The highest BCUT2D eigenvalue weighted by atomic mass is 35.5. The lowest BCUT2D eigenvalue weighted by molar-refractivity contribution is -0.132. The van der Waals surface area contributed by atoms with Crippen molar-refractivity contribution in [3.05, 3.63) is 47.8 Å². The average Bonchev–Trinajstić information content (AvgIpc) is 3.25. The predicted molar refractivity (Wildman–Crippen MR) is 99.2 cm³/mol. The molecule has 2 unspecified atom stereocenters. The number of likely N-dealkylation sites (N-methyl/N-ethyl adjacent to an activating group) is 1. The molecule has 0 radical (unpaired) electrons. The average molecular weight is 365 g/mol. The van der Waals surface area contributed by atoms with Crippen molar-refractivity contribution >= 4 is 18.3 Å². The minimum Gasteiger partial charge on any atom is -0.497 e. The van der Waals surface area contributed by atoms with E-state index in [0.717, 1.165) is 30.8 Å². The summed E-state index contributed by atoms with van der Waals surface area (Å²) in [6.45, 7) is 1.54. The summed E-state index contributed by atoms with van der Waals surface area (Å²) >= 11 is 0. The second-order valence-electron chi connectivity index (χ2n) is 6.21. The van der Waals surface area contributed by atoms with Gasteiger partial charge in [0.15, 0.2) is 0 Å². The zero-order valence-corrected chi connectivity index (χ0v) is 15.6. The predicted octanol–water partition coefficient (Wildman–Crippen LogP) is 2.13. The molecule has 25 heavy (non-hydrogen) atoms. The molecule has 1 aliphatic rings. The number of carbonyl (C=O) groups is 1. The monoisotopic (exact) mass is 364 g/mol. The number of aryl methyl sites for hydroxylation is 1. The van der Waals surface area contributed by atoms with E-state index in [1.165, 1.54) is 5.56 Å². The molecule has 0 saturated carbocycles. The van der Waals surface area contributed by atoms with Crippen LogP contribution >= 0.6 is 12.4 Å². The zero-order valence-electron chi connectivity index (χ0n) is 14.8. The molecule has 3 rings (SSSR count). The van der Waals surface area contributed by atoms with Crippen molar-refractivity contribution < 1.29 is 9.53 Å². The van der Waals surface area contributed by atoms with Gasteiger partial charge < -0.3 is 15.0 Å². The molecule has 1 aromatic carbocycles. The Morgan fingerprint density at radius 2 is 2.08 bits per heavy atom. The number of nitrogens with zero attached hydrogens (tertiary/aromatic N) is 3. The number of hydrogen-bond donors (Lipinski definition) is 1. The lowest BCUT2D eigenvalue weighted by atomic mass is 9.98. The summed E-state index contributed by atoms with van der Waals surface area (Å²) in [7, 11) is 5.34. The number of hydrogen-bond acceptors (Lipinski definition) is 4. The number of nitrogens with one attached hydrogen (secondary N) is 1. The molecule has 1 aliphatic heterocycles. The molecule has 1 saturated heterocycles. The third-order valence-corrected chi connectivity index (χ3v) is 4.68. The van der Waals surface area contributed by atoms with Gasteiger partial charge in [-0.15, -0.1) is 12.4 Å². The second kappa shape index (κ2) is 8.36. The molecular weight excluding hydrogens is 340 g/mol. The van der Waals surface area contributed by atoms with Crippen LogP contribution in [0.25, 0.3) is 0 Å². The van der Waals surface area contributed by atoms with E-state index < -0.39 is 0 Å². The molecule has 2 heterocycles. The van der Waals surface area contributed by atoms with E-state index in [9.17, 15) is 4.79 Å². The Morgan fingerprint density at radius 3 is 2.64 bits per heavy atom. The highest BCUT2D eigenvalue weighted by molar-refractivity contribution is 5.85. The van der Waals surface area contributed by atoms with E-state index in [1.54, 1.807) is 18.0 Å². The number of benzene rings is 1. The first kappa shape index (κ1) is 19.3. The lowest BCUT2D eigenvalue weighted by Crippen LogP contribution is -2.38. The Balaban J connectivity index is 0.00000225. The van der Waals surface area contributed by atoms with Crippen LogP contribution in [0.2, 0.25) is 0 Å². The van der Waals surface area contributed by atoms with Gasteiger partial charge in [-0.3, -0.25) is 9.48 Å². The van der Waals surface area contributed by atoms with E-state index in [4.69, 9.17) is 4.74 Å². The van der Waals surface area contributed by atoms with Crippen molar-refractivity contribution in [2.24, 2.45) is 7.05 Å². The summed E-state index contributed by atoms with van der Waals surface area (Å²) < 4.78 is 6.93. The fraction of sp³-hybridized carbons (Fsp3) is 0.444. The molecule has 7 heteroatoms. The summed E-state index contributed by atoms with van der Waals surface area (Å²) in [6, 6.07) is 7.80. The highest BCUT2D eigenvalue weighted by Crippen LogP contribution is 2.30. The topological polar surface area (TPSA) is 59.4 Å². The number of aromatic nitrogens is 2. The van der Waals surface area contributed by atoms with Gasteiger partial charge in [0, 0.05) is 37.8 Å². The Morgan fingerprint density at radius 1 is 1.36 bits per heavy atom. The number of ether oxygens (including phenoxy) is 1. The fourth-order valence-electron chi connectivity index (χ4n) is 3.31. The van der Waals surface area contributed by atoms with Gasteiger partial charge >= 0.3 is 0 Å². The first-order valence-corrected chi connectivity index (χ1v) is 8.21. The van der Waals surface area contributed by atoms with Crippen molar-refractivity contribution in [1.29, 1.82) is 0 Å². The van der Waals surface area contributed by atoms with Crippen molar-refractivity contribution in [1.82, 2.24) is 20.0 Å². The lowest BCUT2D eigenvalue weighted by Gasteiger charge is -2.22. The number of amides is 1. The van der Waals surface area contributed by atoms with Crippen LogP contribution in [0.1, 0.15) is 29.5 Å². The maximum Gasteiger partial charge on any atom is 0.244 e. The van der Waals surface area contributed by atoms with Crippen LogP contribution in [0.5, 0.6) is 5.75 Å². The van der Waals surface area contributed by atoms with E-state index in [0.29, 0.717) is 5.92 Å². The molecule has 0 aliphatic carbocycles. The molecule has 6 nitrogen and oxygen atoms in total. The number of halogens is 1. The van der Waals surface area contributed by atoms with Crippen LogP contribution < -0.4 is 10.1 Å². The maximum absolute atomic E-state index is 12.9. The maximum atomic E-state index is 12.9. The smallest absolute Gasteiger partial charge is 0.244 e. The largest absolute Gasteiger partial charge is 0.497 e. The summed E-state index contributed by atoms with van der Waals surface area (Å²) in [4.78, 5) is 14.8. The van der Waals surface area contributed by atoms with E-state index in [2.05, 4.69) is 22.5 Å².